The van der Waals surface area contributed by atoms with Crippen LogP contribution in [0, 0.1) is 0 Å². The van der Waals surface area contributed by atoms with Gasteiger partial charge in [-0.15, -0.1) is 0 Å². The lowest BCUT2D eigenvalue weighted by Crippen LogP contribution is -2.29. The minimum atomic E-state index is 0.408. The lowest BCUT2D eigenvalue weighted by Gasteiger charge is -2.31. The molecule has 2 aromatic heterocycles. The fraction of sp³-hybridized carbons (Fsp3) is 0.438. The summed E-state index contributed by atoms with van der Waals surface area (Å²) in [4.78, 5) is 4.68. The molecule has 1 N–H and O–H groups in total. The summed E-state index contributed by atoms with van der Waals surface area (Å²) in [7, 11) is 0. The van der Waals surface area contributed by atoms with E-state index in [2.05, 4.69) is 46.2 Å². The zero-order valence-corrected chi connectivity index (χ0v) is 12.1. The predicted molar refractivity (Wildman–Crippen MR) is 80.7 cm³/mol. The molecule has 0 bridgehead atoms. The van der Waals surface area contributed by atoms with Crippen molar-refractivity contribution in [1.29, 1.82) is 0 Å². The van der Waals surface area contributed by atoms with Gasteiger partial charge in [0.15, 0.2) is 0 Å². The van der Waals surface area contributed by atoms with Crippen LogP contribution in [-0.4, -0.2) is 11.5 Å². The minimum absolute atomic E-state index is 0.408. The first-order chi connectivity index (χ1) is 9.40. The summed E-state index contributed by atoms with van der Waals surface area (Å²) >= 11 is 1.78. The van der Waals surface area contributed by atoms with Gasteiger partial charge < -0.3 is 5.32 Å². The molecule has 0 fully saturated rings. The van der Waals surface area contributed by atoms with E-state index in [1.807, 2.05) is 6.20 Å². The molecule has 0 saturated heterocycles. The Balaban J connectivity index is 1.96. The van der Waals surface area contributed by atoms with Crippen molar-refractivity contribution in [3.63, 3.8) is 0 Å². The third-order valence-corrected chi connectivity index (χ3v) is 4.67. The largest absolute Gasteiger partial charge is 0.310 e. The van der Waals surface area contributed by atoms with Crippen LogP contribution in [0.15, 0.2) is 35.2 Å². The minimum Gasteiger partial charge on any atom is -0.310 e. The number of hydrogen-bond donors (Lipinski definition) is 1. The van der Waals surface area contributed by atoms with Gasteiger partial charge in [0.2, 0.25) is 0 Å². The fourth-order valence-corrected chi connectivity index (χ4v) is 3.83. The van der Waals surface area contributed by atoms with Crippen molar-refractivity contribution in [2.75, 3.05) is 6.54 Å². The number of fused-ring (bicyclic) bond motifs is 1. The number of nitrogens with zero attached hydrogens (tertiary/aromatic N) is 1. The number of aryl methyl sites for hydroxylation is 1. The molecule has 0 aliphatic heterocycles. The SMILES string of the molecule is CCNC(c1ccsc1)C1CCCc2cccnc21. The molecule has 100 valence electrons. The quantitative estimate of drug-likeness (QED) is 0.912. The van der Waals surface area contributed by atoms with E-state index < -0.39 is 0 Å². The Morgan fingerprint density at radius 2 is 2.42 bits per heavy atom. The van der Waals surface area contributed by atoms with E-state index in [9.17, 15) is 0 Å². The molecule has 0 saturated carbocycles. The number of hydrogen-bond acceptors (Lipinski definition) is 3. The maximum Gasteiger partial charge on any atom is 0.0485 e. The van der Waals surface area contributed by atoms with E-state index in [1.54, 1.807) is 11.3 Å². The number of nitrogens with one attached hydrogen (secondary N) is 1. The molecule has 3 heteroatoms. The van der Waals surface area contributed by atoms with Crippen LogP contribution in [0.3, 0.4) is 0 Å². The fourth-order valence-electron chi connectivity index (χ4n) is 3.13. The zero-order valence-electron chi connectivity index (χ0n) is 11.3. The number of aromatic nitrogens is 1. The summed E-state index contributed by atoms with van der Waals surface area (Å²) in [5.41, 5.74) is 4.16. The topological polar surface area (TPSA) is 24.9 Å². The van der Waals surface area contributed by atoms with Crippen molar-refractivity contribution in [2.45, 2.75) is 38.1 Å². The number of rotatable bonds is 4. The predicted octanol–water partition coefficient (Wildman–Crippen LogP) is 3.91. The summed E-state index contributed by atoms with van der Waals surface area (Å²) in [6.45, 7) is 3.18. The second-order valence-corrected chi connectivity index (χ2v) is 5.92. The van der Waals surface area contributed by atoms with Crippen LogP contribution in [-0.2, 0) is 6.42 Å². The van der Waals surface area contributed by atoms with Crippen molar-refractivity contribution >= 4 is 11.3 Å². The zero-order chi connectivity index (χ0) is 13.1. The van der Waals surface area contributed by atoms with Gasteiger partial charge in [-0.25, -0.2) is 0 Å². The van der Waals surface area contributed by atoms with E-state index in [0.29, 0.717) is 12.0 Å². The van der Waals surface area contributed by atoms with Crippen molar-refractivity contribution in [3.05, 3.63) is 52.0 Å². The maximum atomic E-state index is 4.68. The number of likely N-dealkylation sites (N-methyl/N-ethyl adjacent to an activating group) is 1. The molecule has 0 radical (unpaired) electrons. The van der Waals surface area contributed by atoms with Crippen LogP contribution in [0.25, 0.3) is 0 Å². The van der Waals surface area contributed by atoms with Gasteiger partial charge in [-0.3, -0.25) is 4.98 Å². The lowest BCUT2D eigenvalue weighted by molar-refractivity contribution is 0.401. The Morgan fingerprint density at radius 1 is 1.47 bits per heavy atom. The molecule has 0 amide bonds. The molecule has 2 unspecified atom stereocenters. The van der Waals surface area contributed by atoms with Crippen LogP contribution in [0.4, 0.5) is 0 Å². The Morgan fingerprint density at radius 3 is 3.21 bits per heavy atom. The average molecular weight is 272 g/mol. The van der Waals surface area contributed by atoms with Crippen molar-refractivity contribution in [3.8, 4) is 0 Å². The smallest absolute Gasteiger partial charge is 0.0485 e. The molecule has 2 heterocycles. The summed E-state index contributed by atoms with van der Waals surface area (Å²) in [5.74, 6) is 0.513. The summed E-state index contributed by atoms with van der Waals surface area (Å²) in [6, 6.07) is 6.96. The van der Waals surface area contributed by atoms with Gasteiger partial charge in [0.25, 0.3) is 0 Å². The van der Waals surface area contributed by atoms with E-state index in [4.69, 9.17) is 0 Å². The van der Waals surface area contributed by atoms with Crippen LogP contribution in [0.1, 0.15) is 48.5 Å². The highest BCUT2D eigenvalue weighted by Crippen LogP contribution is 2.39. The number of pyridine rings is 1. The number of thiophene rings is 1. The third kappa shape index (κ3) is 2.58. The van der Waals surface area contributed by atoms with Crippen LogP contribution in [0.2, 0.25) is 0 Å². The third-order valence-electron chi connectivity index (χ3n) is 3.97. The van der Waals surface area contributed by atoms with Crippen LogP contribution >= 0.6 is 11.3 Å². The summed E-state index contributed by atoms with van der Waals surface area (Å²) in [5, 5.41) is 8.10. The van der Waals surface area contributed by atoms with Gasteiger partial charge in [-0.1, -0.05) is 13.0 Å². The Hall–Kier alpha value is -1.19. The van der Waals surface area contributed by atoms with Gasteiger partial charge in [-0.05, 0) is 59.8 Å². The summed E-state index contributed by atoms with van der Waals surface area (Å²) in [6.07, 6.45) is 5.63. The molecule has 2 atom stereocenters. The van der Waals surface area contributed by atoms with Crippen molar-refractivity contribution in [2.24, 2.45) is 0 Å². The molecule has 2 nitrogen and oxygen atoms in total. The van der Waals surface area contributed by atoms with Crippen molar-refractivity contribution in [1.82, 2.24) is 10.3 Å². The molecule has 1 aliphatic carbocycles. The first kappa shape index (κ1) is 12.8. The van der Waals surface area contributed by atoms with Gasteiger partial charge in [0.1, 0.15) is 0 Å². The van der Waals surface area contributed by atoms with Gasteiger partial charge in [-0.2, -0.15) is 11.3 Å². The van der Waals surface area contributed by atoms with Crippen LogP contribution < -0.4 is 5.32 Å². The van der Waals surface area contributed by atoms with Gasteiger partial charge >= 0.3 is 0 Å². The highest BCUT2D eigenvalue weighted by Gasteiger charge is 2.29. The lowest BCUT2D eigenvalue weighted by atomic mass is 9.80. The molecule has 3 rings (SSSR count). The van der Waals surface area contributed by atoms with E-state index in [-0.39, 0.29) is 0 Å². The van der Waals surface area contributed by atoms with E-state index in [0.717, 1.165) is 6.54 Å². The molecule has 19 heavy (non-hydrogen) atoms. The Labute approximate surface area is 118 Å². The van der Waals surface area contributed by atoms with Gasteiger partial charge in [0.05, 0.1) is 0 Å². The van der Waals surface area contributed by atoms with Gasteiger partial charge in [0, 0.05) is 23.9 Å². The summed E-state index contributed by atoms with van der Waals surface area (Å²) < 4.78 is 0. The van der Waals surface area contributed by atoms with Crippen molar-refractivity contribution < 1.29 is 0 Å². The van der Waals surface area contributed by atoms with E-state index >= 15 is 0 Å². The molecular weight excluding hydrogens is 252 g/mol. The van der Waals surface area contributed by atoms with Crippen LogP contribution in [0.5, 0.6) is 0 Å². The molecule has 2 aromatic rings. The van der Waals surface area contributed by atoms with E-state index in [1.165, 1.54) is 36.1 Å². The molecule has 1 aliphatic rings. The Bertz CT molecular complexity index is 521. The molecular formula is C16H20N2S. The normalized spacial score (nSPS) is 19.9. The first-order valence-corrected chi connectivity index (χ1v) is 8.03. The Kier molecular flexibility index (Phi) is 3.95. The monoisotopic (exact) mass is 272 g/mol. The average Bonchev–Trinajstić information content (AvgIpc) is 2.98. The first-order valence-electron chi connectivity index (χ1n) is 7.09. The molecule has 0 spiro atoms. The highest BCUT2D eigenvalue weighted by molar-refractivity contribution is 7.07. The maximum absolute atomic E-state index is 4.68. The molecule has 0 aromatic carbocycles. The standard InChI is InChI=1S/C16H20N2S/c1-2-17-16(13-8-10-19-11-13)14-7-3-5-12-6-4-9-18-15(12)14/h4,6,8-11,14,16-17H,2-3,5,7H2,1H3. The second-order valence-electron chi connectivity index (χ2n) is 5.14. The highest BCUT2D eigenvalue weighted by atomic mass is 32.1. The second kappa shape index (κ2) is 5.85.